The quantitative estimate of drug-likeness (QED) is 0.592. The van der Waals surface area contributed by atoms with Crippen molar-refractivity contribution < 1.29 is 4.74 Å². The number of ether oxygens (including phenoxy) is 1. The molecule has 0 aliphatic rings. The van der Waals surface area contributed by atoms with E-state index in [1.807, 2.05) is 24.3 Å². The summed E-state index contributed by atoms with van der Waals surface area (Å²) in [5.41, 5.74) is 1.79. The lowest BCUT2D eigenvalue weighted by molar-refractivity contribution is 0.415. The molecule has 0 spiro atoms. The molecule has 1 aromatic carbocycles. The predicted molar refractivity (Wildman–Crippen MR) is 79.2 cm³/mol. The molecule has 1 N–H and O–H groups in total. The molecule has 0 radical (unpaired) electrons. The van der Waals surface area contributed by atoms with Crippen molar-refractivity contribution >= 4 is 34.3 Å². The van der Waals surface area contributed by atoms with Gasteiger partial charge in [0, 0.05) is 22.8 Å². The summed E-state index contributed by atoms with van der Waals surface area (Å²) in [6.45, 7) is 0. The van der Waals surface area contributed by atoms with Crippen molar-refractivity contribution in [3.05, 3.63) is 41.3 Å². The molecule has 0 aliphatic heterocycles. The first-order chi connectivity index (χ1) is 9.76. The standard InChI is InChI=1S/C13H11ClN4OS/c1-19-10-3-2-8-4-9(12(14)17-11(8)5-10)6-20-13-15-7-16-18-13/h2-5,7H,6H2,1H3,(H,15,16,18). The summed E-state index contributed by atoms with van der Waals surface area (Å²) in [5.74, 6) is 1.45. The van der Waals surface area contributed by atoms with Crippen LogP contribution in [0.3, 0.4) is 0 Å². The van der Waals surface area contributed by atoms with Crippen LogP contribution >= 0.6 is 23.4 Å². The number of hydrogen-bond acceptors (Lipinski definition) is 5. The van der Waals surface area contributed by atoms with Crippen LogP contribution in [-0.2, 0) is 5.75 Å². The monoisotopic (exact) mass is 306 g/mol. The van der Waals surface area contributed by atoms with Crippen molar-refractivity contribution in [1.82, 2.24) is 20.2 Å². The molecular weight excluding hydrogens is 296 g/mol. The predicted octanol–water partition coefficient (Wildman–Crippen LogP) is 3.31. The first-order valence-corrected chi connectivity index (χ1v) is 7.24. The Hall–Kier alpha value is -1.79. The van der Waals surface area contributed by atoms with E-state index in [1.165, 1.54) is 18.1 Å². The highest BCUT2D eigenvalue weighted by molar-refractivity contribution is 7.98. The number of aromatic nitrogens is 4. The van der Waals surface area contributed by atoms with E-state index in [0.717, 1.165) is 27.4 Å². The molecule has 0 aliphatic carbocycles. The van der Waals surface area contributed by atoms with Crippen LogP contribution in [0.25, 0.3) is 10.9 Å². The molecule has 3 aromatic rings. The zero-order chi connectivity index (χ0) is 13.9. The van der Waals surface area contributed by atoms with Gasteiger partial charge in [-0.05, 0) is 18.2 Å². The molecule has 20 heavy (non-hydrogen) atoms. The van der Waals surface area contributed by atoms with Gasteiger partial charge in [-0.1, -0.05) is 23.4 Å². The maximum Gasteiger partial charge on any atom is 0.183 e. The van der Waals surface area contributed by atoms with Gasteiger partial charge in [0.2, 0.25) is 0 Å². The number of hydrogen-bond donors (Lipinski definition) is 1. The highest BCUT2D eigenvalue weighted by atomic mass is 35.5. The van der Waals surface area contributed by atoms with Crippen LogP contribution in [0.15, 0.2) is 35.7 Å². The molecule has 2 heterocycles. The number of pyridine rings is 1. The zero-order valence-corrected chi connectivity index (χ0v) is 12.2. The number of nitrogens with zero attached hydrogens (tertiary/aromatic N) is 3. The van der Waals surface area contributed by atoms with Crippen LogP contribution in [0.4, 0.5) is 0 Å². The van der Waals surface area contributed by atoms with Crippen molar-refractivity contribution in [2.45, 2.75) is 10.9 Å². The summed E-state index contributed by atoms with van der Waals surface area (Å²) >= 11 is 7.76. The Kier molecular flexibility index (Phi) is 3.75. The Labute approximate surface area is 124 Å². The van der Waals surface area contributed by atoms with E-state index in [1.54, 1.807) is 7.11 Å². The Balaban J connectivity index is 1.89. The van der Waals surface area contributed by atoms with Crippen molar-refractivity contribution in [3.63, 3.8) is 0 Å². The molecule has 0 fully saturated rings. The van der Waals surface area contributed by atoms with E-state index >= 15 is 0 Å². The topological polar surface area (TPSA) is 63.7 Å². The molecule has 0 saturated heterocycles. The fourth-order valence-corrected chi connectivity index (χ4v) is 2.85. The minimum absolute atomic E-state index is 0.498. The van der Waals surface area contributed by atoms with Gasteiger partial charge in [0.15, 0.2) is 5.16 Å². The first-order valence-electron chi connectivity index (χ1n) is 5.87. The molecule has 0 unspecified atom stereocenters. The number of thioether (sulfide) groups is 1. The molecule has 0 saturated carbocycles. The SMILES string of the molecule is COc1ccc2cc(CSc3ncn[nH]3)c(Cl)nc2c1. The molecular formula is C13H11ClN4OS. The Morgan fingerprint density at radius 3 is 3.00 bits per heavy atom. The summed E-state index contributed by atoms with van der Waals surface area (Å²) in [6.07, 6.45) is 1.48. The largest absolute Gasteiger partial charge is 0.497 e. The van der Waals surface area contributed by atoms with Gasteiger partial charge in [0.1, 0.15) is 17.2 Å². The van der Waals surface area contributed by atoms with E-state index < -0.39 is 0 Å². The molecule has 7 heteroatoms. The van der Waals surface area contributed by atoms with Gasteiger partial charge < -0.3 is 4.74 Å². The van der Waals surface area contributed by atoms with Crippen LogP contribution in [0, 0.1) is 0 Å². The molecule has 2 aromatic heterocycles. The highest BCUT2D eigenvalue weighted by Gasteiger charge is 2.07. The van der Waals surface area contributed by atoms with E-state index in [2.05, 4.69) is 20.2 Å². The van der Waals surface area contributed by atoms with Gasteiger partial charge in [0.05, 0.1) is 12.6 Å². The minimum Gasteiger partial charge on any atom is -0.497 e. The second kappa shape index (κ2) is 5.68. The van der Waals surface area contributed by atoms with Gasteiger partial charge in [0.25, 0.3) is 0 Å². The third-order valence-electron chi connectivity index (χ3n) is 2.81. The number of benzene rings is 1. The number of aromatic amines is 1. The summed E-state index contributed by atoms with van der Waals surface area (Å²) in [6, 6.07) is 7.79. The normalized spacial score (nSPS) is 10.9. The van der Waals surface area contributed by atoms with Gasteiger partial charge in [-0.25, -0.2) is 9.97 Å². The number of halogens is 1. The Morgan fingerprint density at radius 2 is 2.25 bits per heavy atom. The molecule has 102 valence electrons. The maximum absolute atomic E-state index is 6.23. The van der Waals surface area contributed by atoms with Crippen molar-refractivity contribution in [2.24, 2.45) is 0 Å². The molecule has 5 nitrogen and oxygen atoms in total. The maximum atomic E-state index is 6.23. The fourth-order valence-electron chi connectivity index (χ4n) is 1.81. The summed E-state index contributed by atoms with van der Waals surface area (Å²) in [4.78, 5) is 8.47. The summed E-state index contributed by atoms with van der Waals surface area (Å²) in [5, 5.41) is 8.90. The van der Waals surface area contributed by atoms with Crippen LogP contribution in [0.2, 0.25) is 5.15 Å². The number of methoxy groups -OCH3 is 1. The van der Waals surface area contributed by atoms with Crippen LogP contribution in [0.1, 0.15) is 5.56 Å². The first kappa shape index (κ1) is 13.2. The van der Waals surface area contributed by atoms with Gasteiger partial charge in [-0.3, -0.25) is 5.10 Å². The van der Waals surface area contributed by atoms with Crippen molar-refractivity contribution in [1.29, 1.82) is 0 Å². The Bertz CT molecular complexity index is 733. The lowest BCUT2D eigenvalue weighted by atomic mass is 10.1. The third kappa shape index (κ3) is 2.71. The summed E-state index contributed by atoms with van der Waals surface area (Å²) in [7, 11) is 1.63. The van der Waals surface area contributed by atoms with E-state index in [4.69, 9.17) is 16.3 Å². The van der Waals surface area contributed by atoms with Crippen molar-refractivity contribution in [2.75, 3.05) is 7.11 Å². The smallest absolute Gasteiger partial charge is 0.183 e. The number of H-pyrrole nitrogens is 1. The average Bonchev–Trinajstić information content (AvgIpc) is 2.97. The average molecular weight is 307 g/mol. The van der Waals surface area contributed by atoms with Crippen LogP contribution in [-0.4, -0.2) is 27.3 Å². The Morgan fingerprint density at radius 1 is 1.35 bits per heavy atom. The lowest BCUT2D eigenvalue weighted by Crippen LogP contribution is -1.90. The molecule has 0 atom stereocenters. The van der Waals surface area contributed by atoms with Crippen LogP contribution < -0.4 is 4.74 Å². The lowest BCUT2D eigenvalue weighted by Gasteiger charge is -2.06. The van der Waals surface area contributed by atoms with E-state index in [0.29, 0.717) is 10.9 Å². The number of fused-ring (bicyclic) bond motifs is 1. The van der Waals surface area contributed by atoms with Crippen LogP contribution in [0.5, 0.6) is 5.75 Å². The molecule has 0 bridgehead atoms. The van der Waals surface area contributed by atoms with E-state index in [-0.39, 0.29) is 0 Å². The third-order valence-corrected chi connectivity index (χ3v) is 4.06. The zero-order valence-electron chi connectivity index (χ0n) is 10.6. The molecule has 3 rings (SSSR count). The summed E-state index contributed by atoms with van der Waals surface area (Å²) < 4.78 is 5.18. The second-order valence-corrected chi connectivity index (χ2v) is 5.40. The van der Waals surface area contributed by atoms with Gasteiger partial charge in [-0.2, -0.15) is 5.10 Å². The number of rotatable bonds is 4. The van der Waals surface area contributed by atoms with Crippen molar-refractivity contribution in [3.8, 4) is 5.75 Å². The fraction of sp³-hybridized carbons (Fsp3) is 0.154. The minimum atomic E-state index is 0.498. The number of nitrogens with one attached hydrogen (secondary N) is 1. The highest BCUT2D eigenvalue weighted by Crippen LogP contribution is 2.28. The second-order valence-electron chi connectivity index (χ2n) is 4.08. The van der Waals surface area contributed by atoms with E-state index in [9.17, 15) is 0 Å². The molecule has 0 amide bonds. The van der Waals surface area contributed by atoms with Gasteiger partial charge in [-0.15, -0.1) is 0 Å². The van der Waals surface area contributed by atoms with Gasteiger partial charge >= 0.3 is 0 Å².